The largest absolute Gasteiger partial charge is 0.394 e. The SMILES string of the molecule is CCC.OC[C@H]1O[C@@H]2O[C@H]3[C@H](O)[C@@H](O)[C@@H](O[C@H]4[C@H](O)[C@@H](O)[C@@H](O[C@H]5[C@H](O)[C@@H](O)[C@@H](O[C@H]6[C@H](O)[C@@H](O)[C@@H](O[C@H]7[C@H](O)[C@@H](O)[C@@H](O[C@H]8[C@H](O)[C@@H](O)[C@@H](O[C@H]9[C@H](O)[C@@H](O)[C@@H](O[C@H]1[C@H](O)[C@H]2O)O[C@@H]9CO)O[C@@H]8CO)O[C@@H]7CO)O[C@@H]6CO)O[C@@H]5CO)O[C@@H]4CO)O[C@@H]3CO. The summed E-state index contributed by atoms with van der Waals surface area (Å²) in [4.78, 5) is 0. The highest BCUT2D eigenvalue weighted by molar-refractivity contribution is 5.02. The van der Waals surface area contributed by atoms with Crippen molar-refractivity contribution in [3.63, 3.8) is 0 Å². The summed E-state index contributed by atoms with van der Waals surface area (Å²) < 4.78 is 91.1. The van der Waals surface area contributed by atoms with Crippen molar-refractivity contribution in [2.24, 2.45) is 0 Å². The van der Waals surface area contributed by atoms with Crippen LogP contribution in [0, 0.1) is 0 Å². The number of rotatable bonds is 8. The third-order valence-corrected chi connectivity index (χ3v) is 16.9. The van der Waals surface area contributed by atoms with Gasteiger partial charge in [0.1, 0.15) is 195 Å². The highest BCUT2D eigenvalue weighted by Crippen LogP contribution is 2.40. The van der Waals surface area contributed by atoms with Gasteiger partial charge in [0.15, 0.2) is 50.3 Å². The number of hydrogen-bond donors (Lipinski definition) is 24. The van der Waals surface area contributed by atoms with Gasteiger partial charge in [0.25, 0.3) is 0 Å². The molecule has 0 unspecified atom stereocenters. The molecule has 0 aliphatic carbocycles. The molecule has 0 aromatic carbocycles. The van der Waals surface area contributed by atoms with E-state index >= 15 is 0 Å². The minimum atomic E-state index is -2.25. The normalized spacial score (nSPS) is 53.7. The van der Waals surface area contributed by atoms with Crippen LogP contribution < -0.4 is 0 Å². The zero-order chi connectivity index (χ0) is 66.8. The van der Waals surface area contributed by atoms with Gasteiger partial charge in [-0.3, -0.25) is 0 Å². The average molecular weight is 1340 g/mol. The molecule has 40 atom stereocenters. The van der Waals surface area contributed by atoms with Gasteiger partial charge in [0.2, 0.25) is 0 Å². The number of aliphatic hydroxyl groups excluding tert-OH is 24. The molecule has 0 radical (unpaired) electrons. The van der Waals surface area contributed by atoms with Gasteiger partial charge in [0.05, 0.1) is 52.9 Å². The summed E-state index contributed by atoms with van der Waals surface area (Å²) in [5.41, 5.74) is 0. The summed E-state index contributed by atoms with van der Waals surface area (Å²) in [6.07, 6.45) is -80.7. The van der Waals surface area contributed by atoms with Crippen LogP contribution in [0.25, 0.3) is 0 Å². The molecule has 30 aliphatic heterocycles. The maximum Gasteiger partial charge on any atom is 0.187 e. The maximum atomic E-state index is 11.4. The van der Waals surface area contributed by atoms with Gasteiger partial charge in [0, 0.05) is 0 Å². The lowest BCUT2D eigenvalue weighted by Crippen LogP contribution is -2.69. The van der Waals surface area contributed by atoms with Crippen LogP contribution in [0.2, 0.25) is 0 Å². The third-order valence-electron chi connectivity index (χ3n) is 16.9. The molecule has 30 saturated heterocycles. The van der Waals surface area contributed by atoms with Gasteiger partial charge < -0.3 is 198 Å². The van der Waals surface area contributed by atoms with E-state index in [2.05, 4.69) is 13.8 Å². The molecule has 40 nitrogen and oxygen atoms in total. The van der Waals surface area contributed by atoms with Crippen LogP contribution in [-0.4, -0.2) is 421 Å². The van der Waals surface area contributed by atoms with E-state index in [-0.39, 0.29) is 0 Å². The van der Waals surface area contributed by atoms with Crippen LogP contribution in [-0.2, 0) is 75.8 Å². The molecule has 0 aromatic heterocycles. The van der Waals surface area contributed by atoms with Crippen molar-refractivity contribution >= 4 is 0 Å². The average Bonchev–Trinajstić information content (AvgIpc) is 0.837. The molecule has 24 N–H and O–H groups in total. The Bertz CT molecular complexity index is 1720. The van der Waals surface area contributed by atoms with Crippen molar-refractivity contribution < 1.29 is 198 Å². The van der Waals surface area contributed by atoms with E-state index in [9.17, 15) is 123 Å². The quantitative estimate of drug-likeness (QED) is 0.107. The van der Waals surface area contributed by atoms with Crippen molar-refractivity contribution in [3.8, 4) is 0 Å². The third kappa shape index (κ3) is 15.5. The summed E-state index contributed by atoms with van der Waals surface area (Å²) in [6, 6.07) is 0. The topological polar surface area (TPSA) is 633 Å². The van der Waals surface area contributed by atoms with Crippen LogP contribution >= 0.6 is 0 Å². The Morgan fingerprint density at radius 3 is 0.330 bits per heavy atom. The highest BCUT2D eigenvalue weighted by Gasteiger charge is 2.60. The maximum absolute atomic E-state index is 11.4. The van der Waals surface area contributed by atoms with Crippen molar-refractivity contribution in [1.82, 2.24) is 0 Å². The second-order valence-electron chi connectivity index (χ2n) is 23.2. The van der Waals surface area contributed by atoms with Crippen molar-refractivity contribution in [3.05, 3.63) is 0 Å². The summed E-state index contributed by atoms with van der Waals surface area (Å²) in [5, 5.41) is 265. The van der Waals surface area contributed by atoms with Crippen LogP contribution in [0.5, 0.6) is 0 Å². The van der Waals surface area contributed by atoms with Crippen LogP contribution in [0.15, 0.2) is 0 Å². The van der Waals surface area contributed by atoms with E-state index < -0.39 is 299 Å². The lowest BCUT2D eigenvalue weighted by atomic mass is 9.94. The first kappa shape index (κ1) is 75.2. The van der Waals surface area contributed by atoms with Crippen molar-refractivity contribution in [2.45, 2.75) is 266 Å². The minimum Gasteiger partial charge on any atom is -0.394 e. The second kappa shape index (κ2) is 32.8. The predicted octanol–water partition coefficient (Wildman–Crippen LogP) is -16.0. The van der Waals surface area contributed by atoms with Gasteiger partial charge in [-0.05, 0) is 0 Å². The van der Waals surface area contributed by atoms with E-state index in [1.165, 1.54) is 6.42 Å². The summed E-state index contributed by atoms with van der Waals surface area (Å²) in [6.45, 7) is -4.39. The van der Waals surface area contributed by atoms with Gasteiger partial charge >= 0.3 is 0 Å². The molecular weight excluding hydrogens is 1250 g/mol. The van der Waals surface area contributed by atoms with E-state index in [4.69, 9.17) is 75.8 Å². The van der Waals surface area contributed by atoms with Gasteiger partial charge in [-0.25, -0.2) is 0 Å². The van der Waals surface area contributed by atoms with Crippen LogP contribution in [0.3, 0.4) is 0 Å². The van der Waals surface area contributed by atoms with Crippen LogP contribution in [0.4, 0.5) is 0 Å². The number of hydrogen-bond acceptors (Lipinski definition) is 40. The first-order valence-electron chi connectivity index (χ1n) is 29.6. The Hall–Kier alpha value is -1.60. The summed E-state index contributed by atoms with van der Waals surface area (Å²) in [7, 11) is 0. The van der Waals surface area contributed by atoms with Crippen molar-refractivity contribution in [2.75, 3.05) is 52.9 Å². The molecule has 30 rings (SSSR count). The smallest absolute Gasteiger partial charge is 0.187 e. The van der Waals surface area contributed by atoms with E-state index in [1.54, 1.807) is 0 Å². The molecule has 0 spiro atoms. The highest BCUT2D eigenvalue weighted by atomic mass is 16.8. The Morgan fingerprint density at radius 1 is 0.165 bits per heavy atom. The predicted molar refractivity (Wildman–Crippen MR) is 277 cm³/mol. The first-order valence-corrected chi connectivity index (χ1v) is 29.6. The monoisotopic (exact) mass is 1340 g/mol. The molecule has 30 heterocycles. The van der Waals surface area contributed by atoms with E-state index in [1.807, 2.05) is 0 Å². The fraction of sp³-hybridized carbons (Fsp3) is 1.00. The number of aliphatic hydroxyl groups is 24. The van der Waals surface area contributed by atoms with Gasteiger partial charge in [-0.15, -0.1) is 0 Å². The lowest BCUT2D eigenvalue weighted by molar-refractivity contribution is -0.404. The number of ether oxygens (including phenoxy) is 16. The molecule has 40 heteroatoms. The minimum absolute atomic E-state index is 1.08. The fourth-order valence-electron chi connectivity index (χ4n) is 11.9. The molecular formula is C51H88O40. The molecule has 532 valence electrons. The molecule has 30 aliphatic rings. The zero-order valence-corrected chi connectivity index (χ0v) is 48.7. The Morgan fingerprint density at radius 2 is 0.253 bits per heavy atom. The Labute approximate surface area is 516 Å². The zero-order valence-electron chi connectivity index (χ0n) is 48.7. The van der Waals surface area contributed by atoms with E-state index in [0.29, 0.717) is 0 Å². The Balaban J connectivity index is 0.00000349. The molecule has 91 heavy (non-hydrogen) atoms. The molecule has 16 bridgehead atoms. The van der Waals surface area contributed by atoms with Gasteiger partial charge in [-0.2, -0.15) is 0 Å². The first-order chi connectivity index (χ1) is 43.3. The van der Waals surface area contributed by atoms with Crippen molar-refractivity contribution in [1.29, 1.82) is 0 Å². The Kier molecular flexibility index (Phi) is 27.1. The van der Waals surface area contributed by atoms with E-state index in [0.717, 1.165) is 0 Å². The lowest BCUT2D eigenvalue weighted by Gasteiger charge is -2.50. The fourth-order valence-corrected chi connectivity index (χ4v) is 11.9. The van der Waals surface area contributed by atoms with Crippen LogP contribution in [0.1, 0.15) is 20.3 Å². The molecule has 30 fully saturated rings. The standard InChI is InChI=1S/C48H80O40.C3H8/c49-1-9-33-17(57)25(65)41(73-9)82-34-10(2-50)75-43(27(67)19(34)59)84-36-12(4-52)77-45(29(69)21(36)61)86-38-14(6-54)79-47(31(71)23(38)63)88-40-16(8-56)80-48(32(72)24(40)64)87-39-15(7-55)78-46(30(70)22(39)62)85-37-13(5-53)76-44(28(68)20(37)60)83-35-11(3-51)74-42(81-33)26(66)18(35)58;1-3-2/h9-72H,1-8H2;3H2,1-2H3/t9-,10-,11-,12-,13-,14-,15-,16-,17-,18-,19-,20-,21-,22-,23-,24-,25-,26-,27-,28-,29-,30-,31-,32-,33-,34-,35-,36-,37-,38-,39-,40-,41-,42-,43-,44-,45-,46-,47-,48-;/m1./s1. The summed E-state index contributed by atoms with van der Waals surface area (Å²) in [5.74, 6) is 0. The van der Waals surface area contributed by atoms with Gasteiger partial charge in [-0.1, -0.05) is 20.3 Å². The second-order valence-corrected chi connectivity index (χ2v) is 23.2. The molecule has 0 saturated carbocycles. The summed E-state index contributed by atoms with van der Waals surface area (Å²) >= 11 is 0. The molecule has 0 aromatic rings. The molecule has 0 amide bonds.